The van der Waals surface area contributed by atoms with Gasteiger partial charge in [-0.15, -0.1) is 0 Å². The maximum Gasteiger partial charge on any atom is 0.0977 e. The SMILES string of the molecule is CCCCCCCCCCCCCCCCN1C=CN(CCCC)C1C. The Morgan fingerprint density at radius 1 is 0.500 bits per heavy atom. The zero-order chi connectivity index (χ0) is 18.9. The van der Waals surface area contributed by atoms with E-state index in [1.807, 2.05) is 0 Å². The first-order valence-corrected chi connectivity index (χ1v) is 12.0. The van der Waals surface area contributed by atoms with Crippen molar-refractivity contribution < 1.29 is 0 Å². The van der Waals surface area contributed by atoms with E-state index in [0.29, 0.717) is 6.17 Å². The van der Waals surface area contributed by atoms with E-state index in [9.17, 15) is 0 Å². The molecule has 0 saturated heterocycles. The van der Waals surface area contributed by atoms with Gasteiger partial charge >= 0.3 is 0 Å². The van der Waals surface area contributed by atoms with Crippen LogP contribution in [0.5, 0.6) is 0 Å². The van der Waals surface area contributed by atoms with Crippen LogP contribution >= 0.6 is 0 Å². The van der Waals surface area contributed by atoms with Gasteiger partial charge in [0.25, 0.3) is 0 Å². The van der Waals surface area contributed by atoms with Crippen LogP contribution in [-0.2, 0) is 0 Å². The van der Waals surface area contributed by atoms with Gasteiger partial charge in [-0.05, 0) is 19.8 Å². The summed E-state index contributed by atoms with van der Waals surface area (Å²) in [5.41, 5.74) is 0. The van der Waals surface area contributed by atoms with E-state index in [1.165, 1.54) is 116 Å². The summed E-state index contributed by atoms with van der Waals surface area (Å²) in [5.74, 6) is 0. The number of hydrogen-bond donors (Lipinski definition) is 0. The minimum atomic E-state index is 0.573. The van der Waals surface area contributed by atoms with Gasteiger partial charge in [0.1, 0.15) is 0 Å². The Hall–Kier alpha value is -0.660. The molecule has 1 aliphatic rings. The topological polar surface area (TPSA) is 6.48 Å². The molecule has 26 heavy (non-hydrogen) atoms. The molecule has 1 atom stereocenters. The molecule has 1 rings (SSSR count). The van der Waals surface area contributed by atoms with Crippen molar-refractivity contribution in [1.82, 2.24) is 9.80 Å². The molecule has 0 aromatic carbocycles. The van der Waals surface area contributed by atoms with E-state index in [0.717, 1.165) is 0 Å². The second-order valence-corrected chi connectivity index (χ2v) is 8.36. The lowest BCUT2D eigenvalue weighted by Gasteiger charge is -2.29. The summed E-state index contributed by atoms with van der Waals surface area (Å²) in [6, 6.07) is 0. The normalized spacial score (nSPS) is 16.8. The fourth-order valence-corrected chi connectivity index (χ4v) is 3.96. The molecule has 1 unspecified atom stereocenters. The lowest BCUT2D eigenvalue weighted by Crippen LogP contribution is -2.36. The van der Waals surface area contributed by atoms with Gasteiger partial charge < -0.3 is 9.80 Å². The number of rotatable bonds is 18. The quantitative estimate of drug-likeness (QED) is 0.230. The van der Waals surface area contributed by atoms with Crippen molar-refractivity contribution in [2.45, 2.75) is 130 Å². The molecule has 0 saturated carbocycles. The third-order valence-corrected chi connectivity index (χ3v) is 5.95. The van der Waals surface area contributed by atoms with E-state index in [-0.39, 0.29) is 0 Å². The third-order valence-electron chi connectivity index (χ3n) is 5.95. The lowest BCUT2D eigenvalue weighted by atomic mass is 10.0. The molecule has 2 heteroatoms. The maximum absolute atomic E-state index is 2.52. The Morgan fingerprint density at radius 3 is 1.27 bits per heavy atom. The zero-order valence-corrected chi connectivity index (χ0v) is 18.4. The Kier molecular flexibility index (Phi) is 14.8. The minimum Gasteiger partial charge on any atom is -0.356 e. The van der Waals surface area contributed by atoms with Gasteiger partial charge in [-0.2, -0.15) is 0 Å². The van der Waals surface area contributed by atoms with Gasteiger partial charge in [0.05, 0.1) is 6.17 Å². The van der Waals surface area contributed by atoms with E-state index in [4.69, 9.17) is 0 Å². The molecular formula is C24H48N2. The molecule has 0 spiro atoms. The average Bonchev–Trinajstić information content (AvgIpc) is 3.00. The number of unbranched alkanes of at least 4 members (excludes halogenated alkanes) is 14. The van der Waals surface area contributed by atoms with E-state index in [1.54, 1.807) is 0 Å². The Bertz CT molecular complexity index is 326. The lowest BCUT2D eigenvalue weighted by molar-refractivity contribution is 0.166. The summed E-state index contributed by atoms with van der Waals surface area (Å²) in [4.78, 5) is 5.02. The number of hydrogen-bond acceptors (Lipinski definition) is 2. The van der Waals surface area contributed by atoms with Gasteiger partial charge in [-0.25, -0.2) is 0 Å². The first-order valence-electron chi connectivity index (χ1n) is 12.0. The van der Waals surface area contributed by atoms with Crippen molar-refractivity contribution in [3.63, 3.8) is 0 Å². The molecule has 0 fully saturated rings. The van der Waals surface area contributed by atoms with Crippen molar-refractivity contribution in [3.05, 3.63) is 12.4 Å². The predicted molar refractivity (Wildman–Crippen MR) is 117 cm³/mol. The summed E-state index contributed by atoms with van der Waals surface area (Å²) in [7, 11) is 0. The Morgan fingerprint density at radius 2 is 0.846 bits per heavy atom. The molecule has 0 N–H and O–H groups in total. The Labute approximate surface area is 165 Å². The van der Waals surface area contributed by atoms with Crippen molar-refractivity contribution in [2.24, 2.45) is 0 Å². The molecule has 0 amide bonds. The van der Waals surface area contributed by atoms with Gasteiger partial charge in [0.2, 0.25) is 0 Å². The van der Waals surface area contributed by atoms with Crippen LogP contribution < -0.4 is 0 Å². The molecule has 2 nitrogen and oxygen atoms in total. The molecular weight excluding hydrogens is 316 g/mol. The maximum atomic E-state index is 2.52. The van der Waals surface area contributed by atoms with Crippen LogP contribution in [0.4, 0.5) is 0 Å². The summed E-state index contributed by atoms with van der Waals surface area (Å²) < 4.78 is 0. The highest BCUT2D eigenvalue weighted by Crippen LogP contribution is 2.18. The van der Waals surface area contributed by atoms with Gasteiger partial charge in [-0.3, -0.25) is 0 Å². The predicted octanol–water partition coefficient (Wildman–Crippen LogP) is 7.70. The van der Waals surface area contributed by atoms with Crippen LogP contribution in [0.1, 0.15) is 124 Å². The van der Waals surface area contributed by atoms with Crippen molar-refractivity contribution >= 4 is 0 Å². The highest BCUT2D eigenvalue weighted by Gasteiger charge is 2.20. The molecule has 1 heterocycles. The van der Waals surface area contributed by atoms with Gasteiger partial charge in [0, 0.05) is 25.5 Å². The summed E-state index contributed by atoms with van der Waals surface area (Å²) in [6.45, 7) is 9.37. The average molecular weight is 365 g/mol. The smallest absolute Gasteiger partial charge is 0.0977 e. The van der Waals surface area contributed by atoms with Gasteiger partial charge in [0.15, 0.2) is 0 Å². The third kappa shape index (κ3) is 11.1. The first-order chi connectivity index (χ1) is 12.8. The highest BCUT2D eigenvalue weighted by molar-refractivity contribution is 4.95. The molecule has 0 bridgehead atoms. The first kappa shape index (κ1) is 23.4. The van der Waals surface area contributed by atoms with Crippen molar-refractivity contribution in [3.8, 4) is 0 Å². The second-order valence-electron chi connectivity index (χ2n) is 8.36. The standard InChI is InChI=1S/C24H48N2/c1-4-6-8-9-10-11-12-13-14-15-16-17-18-19-21-26-23-22-25(24(26)3)20-7-5-2/h22-24H,4-21H2,1-3H3. The summed E-state index contributed by atoms with van der Waals surface area (Å²) >= 11 is 0. The zero-order valence-electron chi connectivity index (χ0n) is 18.4. The summed E-state index contributed by atoms with van der Waals surface area (Å²) in [5, 5.41) is 0. The minimum absolute atomic E-state index is 0.573. The van der Waals surface area contributed by atoms with Gasteiger partial charge in [-0.1, -0.05) is 104 Å². The molecule has 0 aliphatic carbocycles. The van der Waals surface area contributed by atoms with Crippen molar-refractivity contribution in [1.29, 1.82) is 0 Å². The molecule has 0 aromatic rings. The van der Waals surface area contributed by atoms with Crippen LogP contribution in [0.25, 0.3) is 0 Å². The van der Waals surface area contributed by atoms with Crippen LogP contribution in [0.2, 0.25) is 0 Å². The fraction of sp³-hybridized carbons (Fsp3) is 0.917. The van der Waals surface area contributed by atoms with E-state index >= 15 is 0 Å². The molecule has 0 radical (unpaired) electrons. The van der Waals surface area contributed by atoms with Crippen LogP contribution in [0.15, 0.2) is 12.4 Å². The van der Waals surface area contributed by atoms with E-state index < -0.39 is 0 Å². The second kappa shape index (κ2) is 16.5. The highest BCUT2D eigenvalue weighted by atomic mass is 15.4. The van der Waals surface area contributed by atoms with Crippen LogP contribution in [-0.4, -0.2) is 29.1 Å². The van der Waals surface area contributed by atoms with Crippen molar-refractivity contribution in [2.75, 3.05) is 13.1 Å². The number of nitrogens with zero attached hydrogens (tertiary/aromatic N) is 2. The van der Waals surface area contributed by atoms with E-state index in [2.05, 4.69) is 43.0 Å². The Balaban J connectivity index is 1.82. The van der Waals surface area contributed by atoms with Crippen LogP contribution in [0.3, 0.4) is 0 Å². The fourth-order valence-electron chi connectivity index (χ4n) is 3.96. The molecule has 154 valence electrons. The molecule has 0 aromatic heterocycles. The summed E-state index contributed by atoms with van der Waals surface area (Å²) in [6.07, 6.45) is 28.0. The molecule has 1 aliphatic heterocycles. The van der Waals surface area contributed by atoms with Crippen LogP contribution in [0, 0.1) is 0 Å². The monoisotopic (exact) mass is 364 g/mol. The largest absolute Gasteiger partial charge is 0.356 e.